The number of ether oxygens (including phenoxy) is 2. The van der Waals surface area contributed by atoms with Crippen molar-refractivity contribution in [1.82, 2.24) is 15.8 Å². The van der Waals surface area contributed by atoms with Crippen molar-refractivity contribution in [2.24, 2.45) is 0 Å². The lowest BCUT2D eigenvalue weighted by molar-refractivity contribution is -0.385. The molecular weight excluding hydrogens is 547 g/mol. The van der Waals surface area contributed by atoms with E-state index in [9.17, 15) is 41.7 Å². The maximum absolute atomic E-state index is 14.4. The van der Waals surface area contributed by atoms with Crippen molar-refractivity contribution in [3.63, 3.8) is 0 Å². The molecule has 2 atom stereocenters. The van der Waals surface area contributed by atoms with Gasteiger partial charge in [0.1, 0.15) is 5.56 Å². The summed E-state index contributed by atoms with van der Waals surface area (Å²) >= 11 is 0. The third-order valence-electron chi connectivity index (χ3n) is 5.19. The zero-order valence-corrected chi connectivity index (χ0v) is 21.0. The molecule has 10 nitrogen and oxygen atoms in total. The van der Waals surface area contributed by atoms with Gasteiger partial charge < -0.3 is 9.47 Å². The molecule has 2 rings (SSSR count). The predicted molar refractivity (Wildman–Crippen MR) is 131 cm³/mol. The van der Waals surface area contributed by atoms with E-state index >= 15 is 0 Å². The van der Waals surface area contributed by atoms with Crippen LogP contribution in [0, 0.1) is 10.1 Å². The summed E-state index contributed by atoms with van der Waals surface area (Å²) in [7, 11) is 0. The van der Waals surface area contributed by atoms with Crippen LogP contribution in [-0.4, -0.2) is 39.9 Å². The van der Waals surface area contributed by atoms with E-state index in [0.29, 0.717) is 12.0 Å². The second-order valence-corrected chi connectivity index (χ2v) is 8.26. The number of hydrazine groups is 1. The zero-order valence-electron chi connectivity index (χ0n) is 21.0. The lowest BCUT2D eigenvalue weighted by Gasteiger charge is -2.23. The number of nitro groups is 1. The van der Waals surface area contributed by atoms with Crippen molar-refractivity contribution >= 4 is 17.5 Å². The van der Waals surface area contributed by atoms with E-state index in [2.05, 4.69) is 18.1 Å². The van der Waals surface area contributed by atoms with Gasteiger partial charge in [-0.2, -0.15) is 22.0 Å². The Kier molecular flexibility index (Phi) is 10.8. The first kappa shape index (κ1) is 31.8. The molecule has 0 aliphatic carbocycles. The number of amides is 2. The summed E-state index contributed by atoms with van der Waals surface area (Å²) in [5, 5.41) is 11.5. The van der Waals surface area contributed by atoms with Gasteiger partial charge in [-0.05, 0) is 31.4 Å². The molecule has 2 amide bonds. The summed E-state index contributed by atoms with van der Waals surface area (Å²) in [5.74, 6) is -8.22. The number of benzene rings is 1. The first-order chi connectivity index (χ1) is 18.7. The lowest BCUT2D eigenvalue weighted by Crippen LogP contribution is -2.52. The minimum absolute atomic E-state index is 0.0525. The fourth-order valence-corrected chi connectivity index (χ4v) is 3.15. The van der Waals surface area contributed by atoms with Gasteiger partial charge in [-0.3, -0.25) is 30.6 Å². The highest BCUT2D eigenvalue weighted by Crippen LogP contribution is 2.39. The summed E-state index contributed by atoms with van der Waals surface area (Å²) in [4.78, 5) is 38.7. The fraction of sp³-hybridized carbons (Fsp3) is 0.320. The largest absolute Gasteiger partial charge is 0.474 e. The first-order valence-electron chi connectivity index (χ1n) is 11.5. The molecular formula is C25H25F5N4O6. The van der Waals surface area contributed by atoms with Gasteiger partial charge in [0, 0.05) is 6.07 Å². The average Bonchev–Trinajstić information content (AvgIpc) is 2.90. The highest BCUT2D eigenvalue weighted by molar-refractivity contribution is 5.97. The van der Waals surface area contributed by atoms with Crippen LogP contribution >= 0.6 is 0 Å². The van der Waals surface area contributed by atoms with E-state index in [4.69, 9.17) is 9.47 Å². The molecule has 0 aliphatic heterocycles. The molecule has 1 aromatic heterocycles. The van der Waals surface area contributed by atoms with E-state index in [1.807, 2.05) is 0 Å². The molecule has 40 heavy (non-hydrogen) atoms. The molecule has 0 saturated heterocycles. The number of halogens is 5. The van der Waals surface area contributed by atoms with Crippen LogP contribution in [0.25, 0.3) is 0 Å². The second-order valence-electron chi connectivity index (χ2n) is 8.26. The number of carbonyl (C=O) groups excluding carboxylic acids is 2. The topological polar surface area (TPSA) is 133 Å². The molecule has 0 bridgehead atoms. The highest BCUT2D eigenvalue weighted by Gasteiger charge is 2.44. The van der Waals surface area contributed by atoms with Crippen molar-refractivity contribution in [3.8, 4) is 5.88 Å². The number of rotatable bonds is 13. The summed E-state index contributed by atoms with van der Waals surface area (Å²) in [5.41, 5.74) is -0.474. The molecule has 1 aromatic carbocycles. The first-order valence-corrected chi connectivity index (χ1v) is 11.5. The molecule has 0 fully saturated rings. The number of hydrogen-bond donors (Lipinski definition) is 2. The van der Waals surface area contributed by atoms with Gasteiger partial charge in [-0.25, -0.2) is 4.98 Å². The van der Waals surface area contributed by atoms with Crippen LogP contribution in [0.2, 0.25) is 0 Å². The zero-order chi connectivity index (χ0) is 30.1. The number of pyridine rings is 1. The highest BCUT2D eigenvalue weighted by atomic mass is 19.4. The number of carbonyl (C=O) groups is 2. The van der Waals surface area contributed by atoms with Crippen molar-refractivity contribution in [2.45, 2.75) is 50.7 Å². The minimum Gasteiger partial charge on any atom is -0.474 e. The summed E-state index contributed by atoms with van der Waals surface area (Å²) < 4.78 is 79.8. The van der Waals surface area contributed by atoms with Crippen molar-refractivity contribution in [1.29, 1.82) is 0 Å². The number of aromatic nitrogens is 1. The van der Waals surface area contributed by atoms with Gasteiger partial charge in [-0.15, -0.1) is 6.58 Å². The monoisotopic (exact) mass is 572 g/mol. The quantitative estimate of drug-likeness (QED) is 0.151. The SMILES string of the molecule is C=CCCC(C)Oc1nc(C(=O)NNC(=O)C(OCc2ccccc2)C(F)(F)C=C)c([N+](=O)[O-])cc1C(F)(F)F. The maximum atomic E-state index is 14.4. The van der Waals surface area contributed by atoms with Gasteiger partial charge in [0.2, 0.25) is 17.7 Å². The number of nitrogens with one attached hydrogen (secondary N) is 2. The predicted octanol–water partition coefficient (Wildman–Crippen LogP) is 4.91. The molecule has 2 N–H and O–H groups in total. The van der Waals surface area contributed by atoms with Gasteiger partial charge in [-0.1, -0.05) is 43.0 Å². The van der Waals surface area contributed by atoms with Gasteiger partial charge in [0.25, 0.3) is 11.8 Å². The molecule has 0 aliphatic rings. The summed E-state index contributed by atoms with van der Waals surface area (Å²) in [6.07, 6.45) is -6.33. The Bertz CT molecular complexity index is 1240. The Morgan fingerprint density at radius 2 is 1.80 bits per heavy atom. The number of alkyl halides is 5. The van der Waals surface area contributed by atoms with Crippen molar-refractivity contribution in [2.75, 3.05) is 0 Å². The fourth-order valence-electron chi connectivity index (χ4n) is 3.15. The van der Waals surface area contributed by atoms with Crippen LogP contribution < -0.4 is 15.6 Å². The molecule has 2 aromatic rings. The standard InChI is InChI=1S/C25H25F5N4O6/c1-4-6-10-15(3)40-23-17(25(28,29)30)13-18(34(37)38)19(31-23)21(35)32-33-22(36)20(24(26,27)5-2)39-14-16-11-8-7-9-12-16/h4-5,7-9,11-13,15,20H,1-2,6,10,14H2,3H3,(H,32,35)(H,33,36). The van der Waals surface area contributed by atoms with Crippen LogP contribution in [0.4, 0.5) is 27.6 Å². The van der Waals surface area contributed by atoms with E-state index in [1.54, 1.807) is 29.1 Å². The average molecular weight is 572 g/mol. The molecule has 0 spiro atoms. The number of hydrogen-bond acceptors (Lipinski definition) is 7. The molecule has 0 radical (unpaired) electrons. The molecule has 216 valence electrons. The number of allylic oxidation sites excluding steroid dienone is 1. The van der Waals surface area contributed by atoms with Crippen LogP contribution in [0.3, 0.4) is 0 Å². The smallest absolute Gasteiger partial charge is 0.421 e. The third kappa shape index (κ3) is 8.56. The van der Waals surface area contributed by atoms with Crippen LogP contribution in [-0.2, 0) is 22.3 Å². The Labute approximate surface area is 225 Å². The Morgan fingerprint density at radius 3 is 2.35 bits per heavy atom. The number of nitrogens with zero attached hydrogens (tertiary/aromatic N) is 2. The Morgan fingerprint density at radius 1 is 1.15 bits per heavy atom. The van der Waals surface area contributed by atoms with Crippen molar-refractivity contribution in [3.05, 3.63) is 88.6 Å². The molecule has 0 saturated carbocycles. The normalized spacial score (nSPS) is 13.1. The maximum Gasteiger partial charge on any atom is 0.421 e. The van der Waals surface area contributed by atoms with Gasteiger partial charge >= 0.3 is 17.8 Å². The van der Waals surface area contributed by atoms with E-state index < -0.39 is 70.5 Å². The second kappa shape index (κ2) is 13.6. The van der Waals surface area contributed by atoms with Gasteiger partial charge in [0.05, 0.1) is 17.6 Å². The third-order valence-corrected chi connectivity index (χ3v) is 5.19. The lowest BCUT2D eigenvalue weighted by atomic mass is 10.1. The Balaban J connectivity index is 2.33. The Hall–Kier alpha value is -4.40. The van der Waals surface area contributed by atoms with Crippen LogP contribution in [0.5, 0.6) is 5.88 Å². The van der Waals surface area contributed by atoms with E-state index in [0.717, 1.165) is 0 Å². The van der Waals surface area contributed by atoms with E-state index in [-0.39, 0.29) is 18.6 Å². The summed E-state index contributed by atoms with van der Waals surface area (Å²) in [6, 6.07) is 7.99. The van der Waals surface area contributed by atoms with E-state index in [1.165, 1.54) is 25.1 Å². The van der Waals surface area contributed by atoms with Crippen LogP contribution in [0.15, 0.2) is 61.7 Å². The summed E-state index contributed by atoms with van der Waals surface area (Å²) in [6.45, 7) is 7.40. The minimum atomic E-state index is -5.14. The van der Waals surface area contributed by atoms with Crippen molar-refractivity contribution < 1.29 is 45.9 Å². The molecule has 15 heteroatoms. The van der Waals surface area contributed by atoms with Crippen LogP contribution in [0.1, 0.15) is 41.4 Å². The molecule has 2 unspecified atom stereocenters. The molecule has 1 heterocycles. The van der Waals surface area contributed by atoms with Gasteiger partial charge in [0.15, 0.2) is 0 Å².